The van der Waals surface area contributed by atoms with Crippen LogP contribution in [0.15, 0.2) is 24.3 Å². The summed E-state index contributed by atoms with van der Waals surface area (Å²) in [7, 11) is 0. The highest BCUT2D eigenvalue weighted by Gasteiger charge is 2.29. The number of hydrogen-bond donors (Lipinski definition) is 1. The molecule has 1 atom stereocenters. The van der Waals surface area contributed by atoms with Gasteiger partial charge in [-0.25, -0.2) is 0 Å². The van der Waals surface area contributed by atoms with Crippen molar-refractivity contribution in [1.29, 1.82) is 0 Å². The van der Waals surface area contributed by atoms with E-state index in [1.165, 1.54) is 12.1 Å². The third-order valence-corrected chi connectivity index (χ3v) is 3.48. The van der Waals surface area contributed by atoms with Crippen molar-refractivity contribution in [1.82, 2.24) is 5.32 Å². The molecule has 1 aromatic carbocycles. The van der Waals surface area contributed by atoms with Gasteiger partial charge in [-0.3, -0.25) is 0 Å². The summed E-state index contributed by atoms with van der Waals surface area (Å²) >= 11 is 5.75. The highest BCUT2D eigenvalue weighted by atomic mass is 35.5. The molecular weight excluding hydrogens is 287 g/mol. The monoisotopic (exact) mass is 307 g/mol. The summed E-state index contributed by atoms with van der Waals surface area (Å²) in [5, 5.41) is 3.29. The molecule has 0 aliphatic heterocycles. The molecule has 0 aliphatic rings. The van der Waals surface area contributed by atoms with E-state index in [0.29, 0.717) is 18.3 Å². The number of halogens is 4. The van der Waals surface area contributed by atoms with Crippen molar-refractivity contribution >= 4 is 11.6 Å². The Morgan fingerprint density at radius 1 is 1.15 bits per heavy atom. The molecule has 114 valence electrons. The standard InChI is InChI=1S/C15H21ClF3N/c1-2-3-12(8-9-16)10-20-11-13-4-6-14(7-5-13)15(17,18)19/h4-7,12,20H,2-3,8-11H2,1H3. The van der Waals surface area contributed by atoms with Gasteiger partial charge in [0.25, 0.3) is 0 Å². The second-order valence-electron chi connectivity index (χ2n) is 4.96. The van der Waals surface area contributed by atoms with E-state index in [9.17, 15) is 13.2 Å². The Balaban J connectivity index is 2.41. The SMILES string of the molecule is CCCC(CCCl)CNCc1ccc(C(F)(F)F)cc1. The van der Waals surface area contributed by atoms with E-state index in [2.05, 4.69) is 12.2 Å². The molecule has 0 aromatic heterocycles. The fourth-order valence-electron chi connectivity index (χ4n) is 2.14. The molecule has 0 amide bonds. The molecule has 5 heteroatoms. The van der Waals surface area contributed by atoms with E-state index >= 15 is 0 Å². The molecule has 0 saturated carbocycles. The van der Waals surface area contributed by atoms with Crippen LogP contribution in [0.1, 0.15) is 37.3 Å². The summed E-state index contributed by atoms with van der Waals surface area (Å²) in [4.78, 5) is 0. The predicted octanol–water partition coefficient (Wildman–Crippen LogP) is 4.84. The zero-order valence-electron chi connectivity index (χ0n) is 11.6. The van der Waals surface area contributed by atoms with E-state index in [4.69, 9.17) is 11.6 Å². The molecule has 0 spiro atoms. The van der Waals surface area contributed by atoms with Crippen LogP contribution in [0, 0.1) is 5.92 Å². The zero-order chi connectivity index (χ0) is 15.0. The largest absolute Gasteiger partial charge is 0.416 e. The lowest BCUT2D eigenvalue weighted by atomic mass is 10.0. The van der Waals surface area contributed by atoms with Crippen LogP contribution in [0.5, 0.6) is 0 Å². The highest BCUT2D eigenvalue weighted by Crippen LogP contribution is 2.29. The van der Waals surface area contributed by atoms with Crippen LogP contribution in [0.25, 0.3) is 0 Å². The number of benzene rings is 1. The molecule has 1 aromatic rings. The summed E-state index contributed by atoms with van der Waals surface area (Å²) in [6, 6.07) is 5.29. The molecule has 0 saturated heterocycles. The molecule has 0 bridgehead atoms. The quantitative estimate of drug-likeness (QED) is 0.678. The van der Waals surface area contributed by atoms with E-state index in [-0.39, 0.29) is 0 Å². The third-order valence-electron chi connectivity index (χ3n) is 3.26. The lowest BCUT2D eigenvalue weighted by molar-refractivity contribution is -0.137. The van der Waals surface area contributed by atoms with Crippen molar-refractivity contribution in [2.75, 3.05) is 12.4 Å². The Morgan fingerprint density at radius 3 is 2.30 bits per heavy atom. The van der Waals surface area contributed by atoms with Gasteiger partial charge in [0.2, 0.25) is 0 Å². The average Bonchev–Trinajstić information content (AvgIpc) is 2.39. The first-order valence-corrected chi connectivity index (χ1v) is 7.43. The van der Waals surface area contributed by atoms with Crippen molar-refractivity contribution in [2.24, 2.45) is 5.92 Å². The van der Waals surface area contributed by atoms with Gasteiger partial charge < -0.3 is 5.32 Å². The van der Waals surface area contributed by atoms with Crippen LogP contribution in [-0.2, 0) is 12.7 Å². The normalized spacial score (nSPS) is 13.4. The van der Waals surface area contributed by atoms with Crippen LogP contribution in [-0.4, -0.2) is 12.4 Å². The first kappa shape index (κ1) is 17.3. The first-order valence-electron chi connectivity index (χ1n) is 6.90. The predicted molar refractivity (Wildman–Crippen MR) is 76.9 cm³/mol. The van der Waals surface area contributed by atoms with Crippen LogP contribution in [0.2, 0.25) is 0 Å². The second kappa shape index (κ2) is 8.53. The van der Waals surface area contributed by atoms with Gasteiger partial charge in [-0.1, -0.05) is 25.5 Å². The summed E-state index contributed by atoms with van der Waals surface area (Å²) in [5.74, 6) is 1.18. The third kappa shape index (κ3) is 6.14. The van der Waals surface area contributed by atoms with E-state index in [0.717, 1.165) is 43.5 Å². The fourth-order valence-corrected chi connectivity index (χ4v) is 2.45. The summed E-state index contributed by atoms with van der Waals surface area (Å²) in [5.41, 5.74) is 0.256. The maximum absolute atomic E-state index is 12.4. The lowest BCUT2D eigenvalue weighted by Crippen LogP contribution is -2.23. The molecule has 1 N–H and O–H groups in total. The van der Waals surface area contributed by atoms with Crippen molar-refractivity contribution in [3.63, 3.8) is 0 Å². The molecule has 20 heavy (non-hydrogen) atoms. The number of hydrogen-bond acceptors (Lipinski definition) is 1. The van der Waals surface area contributed by atoms with Crippen molar-refractivity contribution in [2.45, 2.75) is 38.9 Å². The Kier molecular flexibility index (Phi) is 7.38. The van der Waals surface area contributed by atoms with Crippen LogP contribution in [0.3, 0.4) is 0 Å². The van der Waals surface area contributed by atoms with Gasteiger partial charge in [0.05, 0.1) is 5.56 Å². The van der Waals surface area contributed by atoms with Gasteiger partial charge in [-0.05, 0) is 43.0 Å². The Hall–Kier alpha value is -0.740. The van der Waals surface area contributed by atoms with Gasteiger partial charge in [-0.15, -0.1) is 11.6 Å². The van der Waals surface area contributed by atoms with Gasteiger partial charge >= 0.3 is 6.18 Å². The molecule has 1 nitrogen and oxygen atoms in total. The lowest BCUT2D eigenvalue weighted by Gasteiger charge is -2.15. The Labute approximate surface area is 123 Å². The smallest absolute Gasteiger partial charge is 0.312 e. The molecular formula is C15H21ClF3N. The van der Waals surface area contributed by atoms with Crippen molar-refractivity contribution in [3.05, 3.63) is 35.4 Å². The van der Waals surface area contributed by atoms with Crippen LogP contribution >= 0.6 is 11.6 Å². The van der Waals surface area contributed by atoms with Gasteiger partial charge in [0.1, 0.15) is 0 Å². The minimum Gasteiger partial charge on any atom is -0.312 e. The van der Waals surface area contributed by atoms with Gasteiger partial charge in [0.15, 0.2) is 0 Å². The topological polar surface area (TPSA) is 12.0 Å². The summed E-state index contributed by atoms with van der Waals surface area (Å²) in [6.07, 6.45) is -1.07. The number of alkyl halides is 4. The molecule has 0 radical (unpaired) electrons. The van der Waals surface area contributed by atoms with Crippen LogP contribution < -0.4 is 5.32 Å². The van der Waals surface area contributed by atoms with Crippen molar-refractivity contribution in [3.8, 4) is 0 Å². The van der Waals surface area contributed by atoms with E-state index in [1.807, 2.05) is 0 Å². The van der Waals surface area contributed by atoms with Gasteiger partial charge in [0, 0.05) is 12.4 Å². The highest BCUT2D eigenvalue weighted by molar-refractivity contribution is 6.17. The Bertz CT molecular complexity index is 370. The van der Waals surface area contributed by atoms with Crippen LogP contribution in [0.4, 0.5) is 13.2 Å². The maximum atomic E-state index is 12.4. The minimum atomic E-state index is -4.27. The summed E-state index contributed by atoms with van der Waals surface area (Å²) < 4.78 is 37.3. The minimum absolute atomic E-state index is 0.534. The number of nitrogens with one attached hydrogen (secondary N) is 1. The van der Waals surface area contributed by atoms with E-state index in [1.54, 1.807) is 0 Å². The first-order chi connectivity index (χ1) is 9.47. The molecule has 1 unspecified atom stereocenters. The molecule has 0 heterocycles. The molecule has 0 fully saturated rings. The van der Waals surface area contributed by atoms with Gasteiger partial charge in [-0.2, -0.15) is 13.2 Å². The molecule has 0 aliphatic carbocycles. The number of rotatable bonds is 8. The molecule has 1 rings (SSSR count). The van der Waals surface area contributed by atoms with E-state index < -0.39 is 11.7 Å². The van der Waals surface area contributed by atoms with Crippen molar-refractivity contribution < 1.29 is 13.2 Å². The summed E-state index contributed by atoms with van der Waals surface area (Å²) in [6.45, 7) is 3.57. The Morgan fingerprint density at radius 2 is 1.80 bits per heavy atom. The zero-order valence-corrected chi connectivity index (χ0v) is 12.4. The fraction of sp³-hybridized carbons (Fsp3) is 0.600. The second-order valence-corrected chi connectivity index (χ2v) is 5.34. The average molecular weight is 308 g/mol. The maximum Gasteiger partial charge on any atom is 0.416 e.